The van der Waals surface area contributed by atoms with Crippen LogP contribution >= 0.6 is 11.6 Å². The zero-order valence-corrected chi connectivity index (χ0v) is 18.7. The van der Waals surface area contributed by atoms with Crippen LogP contribution in [0, 0.1) is 0 Å². The molecule has 3 heterocycles. The van der Waals surface area contributed by atoms with E-state index in [1.54, 1.807) is 24.7 Å². The Labute approximate surface area is 188 Å². The molecule has 3 N–H and O–H groups in total. The van der Waals surface area contributed by atoms with Gasteiger partial charge in [-0.15, -0.1) is 0 Å². The zero-order chi connectivity index (χ0) is 22.2. The molecule has 3 aromatic rings. The maximum absolute atomic E-state index is 6.03. The van der Waals surface area contributed by atoms with Crippen LogP contribution in [0.2, 0.25) is 5.02 Å². The minimum atomic E-state index is 0.548. The first-order valence-electron chi connectivity index (χ1n) is 10.3. The van der Waals surface area contributed by atoms with E-state index in [1.807, 2.05) is 18.3 Å². The molecule has 0 aliphatic carbocycles. The number of hydrogen-bond donors (Lipinski definition) is 3. The van der Waals surface area contributed by atoms with Gasteiger partial charge in [-0.3, -0.25) is 10.1 Å². The van der Waals surface area contributed by atoms with Gasteiger partial charge in [0.05, 0.1) is 34.5 Å². The molecule has 3 aromatic heterocycles. The number of aromatic nitrogens is 4. The summed E-state index contributed by atoms with van der Waals surface area (Å²) in [5.41, 5.74) is 4.42. The van der Waals surface area contributed by atoms with Crippen molar-refractivity contribution < 1.29 is 0 Å². The van der Waals surface area contributed by atoms with Crippen molar-refractivity contribution in [2.24, 2.45) is 0 Å². The van der Waals surface area contributed by atoms with Crippen LogP contribution in [0.4, 0.5) is 17.2 Å². The predicted octanol–water partition coefficient (Wildman–Crippen LogP) is 5.65. The summed E-state index contributed by atoms with van der Waals surface area (Å²) in [5.74, 6) is 0.982. The standard InChI is InChI=1S/C23H28ClN7/c1-5-9-31(10-6-2)22-8-7-20(14-26-22)28-17(4)23-21(15-27-30-23)29-16(3)18-11-19(24)13-25-12-18/h7-8,11-15,28-29H,3-6,9-10H2,1-2H3,(H,27,30). The SMILES string of the molecule is C=C(Nc1cn[nH]c1C(=C)Nc1ccc(N(CCC)CCC)nc1)c1cncc(Cl)c1. The second-order valence-corrected chi connectivity index (χ2v) is 7.59. The number of nitrogens with one attached hydrogen (secondary N) is 3. The van der Waals surface area contributed by atoms with Crippen LogP contribution in [0.15, 0.2) is 56.1 Å². The Morgan fingerprint density at radius 1 is 1.03 bits per heavy atom. The summed E-state index contributed by atoms with van der Waals surface area (Å²) in [7, 11) is 0. The Morgan fingerprint density at radius 2 is 1.81 bits per heavy atom. The average Bonchev–Trinajstić information content (AvgIpc) is 3.22. The summed E-state index contributed by atoms with van der Waals surface area (Å²) in [6.07, 6.45) is 8.95. The predicted molar refractivity (Wildman–Crippen MR) is 130 cm³/mol. The van der Waals surface area contributed by atoms with Crippen LogP contribution in [-0.4, -0.2) is 33.3 Å². The van der Waals surface area contributed by atoms with Crippen molar-refractivity contribution in [3.63, 3.8) is 0 Å². The molecule has 0 saturated carbocycles. The third kappa shape index (κ3) is 5.86. The number of halogens is 1. The summed E-state index contributed by atoms with van der Waals surface area (Å²) >= 11 is 6.03. The van der Waals surface area contributed by atoms with E-state index >= 15 is 0 Å². The van der Waals surface area contributed by atoms with Crippen LogP contribution in [0.3, 0.4) is 0 Å². The molecule has 7 nitrogen and oxygen atoms in total. The summed E-state index contributed by atoms with van der Waals surface area (Å²) in [5, 5.41) is 14.2. The molecule has 3 rings (SSSR count). The van der Waals surface area contributed by atoms with Crippen molar-refractivity contribution in [3.8, 4) is 0 Å². The molecule has 162 valence electrons. The molecule has 0 unspecified atom stereocenters. The van der Waals surface area contributed by atoms with E-state index in [9.17, 15) is 0 Å². The second kappa shape index (κ2) is 10.6. The van der Waals surface area contributed by atoms with Gasteiger partial charge in [0.25, 0.3) is 0 Å². The molecular weight excluding hydrogens is 410 g/mol. The highest BCUT2D eigenvalue weighted by Gasteiger charge is 2.12. The van der Waals surface area contributed by atoms with E-state index in [4.69, 9.17) is 11.6 Å². The van der Waals surface area contributed by atoms with Gasteiger partial charge in [0.15, 0.2) is 0 Å². The number of nitrogens with zero attached hydrogens (tertiary/aromatic N) is 4. The molecule has 31 heavy (non-hydrogen) atoms. The maximum atomic E-state index is 6.03. The van der Waals surface area contributed by atoms with Gasteiger partial charge in [0.2, 0.25) is 0 Å². The fourth-order valence-corrected chi connectivity index (χ4v) is 3.36. The van der Waals surface area contributed by atoms with Crippen molar-refractivity contribution in [2.75, 3.05) is 28.6 Å². The number of aromatic amines is 1. The highest BCUT2D eigenvalue weighted by atomic mass is 35.5. The maximum Gasteiger partial charge on any atom is 0.128 e. The number of rotatable bonds is 11. The minimum absolute atomic E-state index is 0.548. The fraction of sp³-hybridized carbons (Fsp3) is 0.261. The first kappa shape index (κ1) is 22.4. The van der Waals surface area contributed by atoms with Crippen molar-refractivity contribution in [1.29, 1.82) is 0 Å². The molecule has 8 heteroatoms. The first-order valence-corrected chi connectivity index (χ1v) is 10.7. The van der Waals surface area contributed by atoms with Gasteiger partial charge in [-0.2, -0.15) is 5.10 Å². The van der Waals surface area contributed by atoms with Crippen molar-refractivity contribution in [3.05, 3.63) is 72.4 Å². The largest absolute Gasteiger partial charge is 0.357 e. The van der Waals surface area contributed by atoms with Gasteiger partial charge >= 0.3 is 0 Å². The Hall–Kier alpha value is -3.32. The summed E-state index contributed by atoms with van der Waals surface area (Å²) in [6, 6.07) is 5.83. The topological polar surface area (TPSA) is 81.8 Å². The minimum Gasteiger partial charge on any atom is -0.357 e. The van der Waals surface area contributed by atoms with Gasteiger partial charge in [-0.05, 0) is 31.0 Å². The number of pyridine rings is 2. The molecule has 0 saturated heterocycles. The third-order valence-electron chi connectivity index (χ3n) is 4.63. The van der Waals surface area contributed by atoms with E-state index in [0.717, 1.165) is 54.4 Å². The zero-order valence-electron chi connectivity index (χ0n) is 18.0. The molecule has 0 aliphatic heterocycles. The number of H-pyrrole nitrogens is 1. The van der Waals surface area contributed by atoms with E-state index < -0.39 is 0 Å². The Bertz CT molecular complexity index is 1020. The molecule has 0 radical (unpaired) electrons. The average molecular weight is 438 g/mol. The lowest BCUT2D eigenvalue weighted by Gasteiger charge is -2.22. The molecule has 0 fully saturated rings. The first-order chi connectivity index (χ1) is 15.0. The number of anilines is 3. The van der Waals surface area contributed by atoms with Crippen LogP contribution in [0.1, 0.15) is 37.9 Å². The van der Waals surface area contributed by atoms with Gasteiger partial charge in [-0.25, -0.2) is 4.98 Å². The van der Waals surface area contributed by atoms with Gasteiger partial charge < -0.3 is 15.5 Å². The molecule has 0 aromatic carbocycles. The molecule has 0 amide bonds. The highest BCUT2D eigenvalue weighted by Crippen LogP contribution is 2.26. The van der Waals surface area contributed by atoms with Crippen LogP contribution in [0.25, 0.3) is 11.4 Å². The van der Waals surface area contributed by atoms with Gasteiger partial charge in [0.1, 0.15) is 11.5 Å². The van der Waals surface area contributed by atoms with E-state index in [2.05, 4.69) is 62.7 Å². The summed E-state index contributed by atoms with van der Waals surface area (Å²) < 4.78 is 0. The smallest absolute Gasteiger partial charge is 0.128 e. The highest BCUT2D eigenvalue weighted by molar-refractivity contribution is 6.30. The van der Waals surface area contributed by atoms with Crippen molar-refractivity contribution in [1.82, 2.24) is 20.2 Å². The van der Waals surface area contributed by atoms with E-state index in [0.29, 0.717) is 16.4 Å². The lowest BCUT2D eigenvalue weighted by Crippen LogP contribution is -2.25. The summed E-state index contributed by atoms with van der Waals surface area (Å²) in [4.78, 5) is 11.0. The molecule has 0 atom stereocenters. The van der Waals surface area contributed by atoms with Crippen LogP contribution in [0.5, 0.6) is 0 Å². The molecule has 0 aliphatic rings. The molecule has 0 spiro atoms. The monoisotopic (exact) mass is 437 g/mol. The Kier molecular flexibility index (Phi) is 7.67. The second-order valence-electron chi connectivity index (χ2n) is 7.15. The molecular formula is C23H28ClN7. The van der Waals surface area contributed by atoms with Crippen molar-refractivity contribution in [2.45, 2.75) is 26.7 Å². The normalized spacial score (nSPS) is 10.5. The van der Waals surface area contributed by atoms with E-state index in [1.165, 1.54) is 0 Å². The van der Waals surface area contributed by atoms with Crippen LogP contribution in [-0.2, 0) is 0 Å². The Morgan fingerprint density at radius 3 is 2.45 bits per heavy atom. The van der Waals surface area contributed by atoms with Gasteiger partial charge in [0, 0.05) is 36.7 Å². The quantitative estimate of drug-likeness (QED) is 0.360. The Balaban J connectivity index is 1.68. The summed E-state index contributed by atoms with van der Waals surface area (Å²) in [6.45, 7) is 14.6. The van der Waals surface area contributed by atoms with Crippen LogP contribution < -0.4 is 15.5 Å². The third-order valence-corrected chi connectivity index (χ3v) is 4.84. The lowest BCUT2D eigenvalue weighted by atomic mass is 10.2. The van der Waals surface area contributed by atoms with Gasteiger partial charge in [-0.1, -0.05) is 38.6 Å². The van der Waals surface area contributed by atoms with Crippen molar-refractivity contribution >= 4 is 40.2 Å². The number of hydrogen-bond acceptors (Lipinski definition) is 6. The fourth-order valence-electron chi connectivity index (χ4n) is 3.19. The molecule has 0 bridgehead atoms. The van der Waals surface area contributed by atoms with E-state index in [-0.39, 0.29) is 0 Å². The lowest BCUT2D eigenvalue weighted by molar-refractivity contribution is 0.734.